The van der Waals surface area contributed by atoms with E-state index in [0.29, 0.717) is 21.9 Å². The van der Waals surface area contributed by atoms with E-state index in [1.165, 1.54) is 0 Å². The van der Waals surface area contributed by atoms with Crippen molar-refractivity contribution in [2.24, 2.45) is 0 Å². The zero-order valence-electron chi connectivity index (χ0n) is 13.7. The van der Waals surface area contributed by atoms with Gasteiger partial charge in [-0.15, -0.1) is 10.2 Å². The normalized spacial score (nSPS) is 15.6. The molecule has 1 aliphatic rings. The van der Waals surface area contributed by atoms with Gasteiger partial charge in [0.15, 0.2) is 23.1 Å². The minimum atomic E-state index is -0.967. The number of amides is 1. The number of nitrogens with one attached hydrogen (secondary N) is 1. The number of carbonyl (C=O) groups excluding carboxylic acids is 2. The SMILES string of the molecule is O=C(C[C@@H]1Oc2ccccc2NC1=O)OCc1nnc(-c2ccc(Br)o2)o1. The van der Waals surface area contributed by atoms with E-state index in [4.69, 9.17) is 18.3 Å². The second kappa shape index (κ2) is 7.23. The van der Waals surface area contributed by atoms with Gasteiger partial charge in [0.05, 0.1) is 12.1 Å². The summed E-state index contributed by atoms with van der Waals surface area (Å²) < 4.78 is 21.8. The Bertz CT molecular complexity index is 998. The van der Waals surface area contributed by atoms with Crippen molar-refractivity contribution in [3.8, 4) is 17.4 Å². The second-order valence-electron chi connectivity index (χ2n) is 5.56. The molecule has 138 valence electrons. The number of nitrogens with zero attached hydrogens (tertiary/aromatic N) is 2. The van der Waals surface area contributed by atoms with E-state index in [1.807, 2.05) is 0 Å². The van der Waals surface area contributed by atoms with E-state index in [1.54, 1.807) is 36.4 Å². The molecule has 3 aromatic rings. The third-order valence-corrected chi connectivity index (χ3v) is 4.09. The predicted molar refractivity (Wildman–Crippen MR) is 93.6 cm³/mol. The van der Waals surface area contributed by atoms with Gasteiger partial charge in [-0.2, -0.15) is 0 Å². The molecule has 0 saturated carbocycles. The topological polar surface area (TPSA) is 117 Å². The molecular formula is C17H12BrN3O6. The first-order chi connectivity index (χ1) is 13.1. The zero-order valence-corrected chi connectivity index (χ0v) is 15.3. The van der Waals surface area contributed by atoms with E-state index < -0.39 is 18.0 Å². The summed E-state index contributed by atoms with van der Waals surface area (Å²) in [5.74, 6) is 0.117. The molecule has 0 fully saturated rings. The fraction of sp³-hybridized carbons (Fsp3) is 0.176. The molecule has 0 bridgehead atoms. The zero-order chi connectivity index (χ0) is 18.8. The monoisotopic (exact) mass is 433 g/mol. The van der Waals surface area contributed by atoms with Crippen molar-refractivity contribution >= 4 is 33.5 Å². The van der Waals surface area contributed by atoms with Gasteiger partial charge in [-0.25, -0.2) is 0 Å². The molecular weight excluding hydrogens is 422 g/mol. The molecule has 1 aliphatic heterocycles. The summed E-state index contributed by atoms with van der Waals surface area (Å²) in [6.45, 7) is -0.224. The number of carbonyl (C=O) groups is 2. The molecule has 4 rings (SSSR count). The Morgan fingerprint density at radius 1 is 1.19 bits per heavy atom. The minimum Gasteiger partial charge on any atom is -0.478 e. The number of hydrogen-bond acceptors (Lipinski definition) is 8. The lowest BCUT2D eigenvalue weighted by atomic mass is 10.1. The first kappa shape index (κ1) is 17.3. The van der Waals surface area contributed by atoms with Crippen molar-refractivity contribution in [2.45, 2.75) is 19.1 Å². The Morgan fingerprint density at radius 3 is 2.85 bits per heavy atom. The summed E-state index contributed by atoms with van der Waals surface area (Å²) in [7, 11) is 0. The minimum absolute atomic E-state index is 0.102. The van der Waals surface area contributed by atoms with Crippen LogP contribution in [0.1, 0.15) is 12.3 Å². The molecule has 1 aromatic carbocycles. The lowest BCUT2D eigenvalue weighted by Crippen LogP contribution is -2.38. The fourth-order valence-electron chi connectivity index (χ4n) is 2.42. The van der Waals surface area contributed by atoms with Crippen LogP contribution in [0.2, 0.25) is 0 Å². The average molecular weight is 434 g/mol. The van der Waals surface area contributed by atoms with Gasteiger partial charge in [0.2, 0.25) is 0 Å². The van der Waals surface area contributed by atoms with E-state index in [2.05, 4.69) is 31.4 Å². The van der Waals surface area contributed by atoms with E-state index in [9.17, 15) is 9.59 Å². The highest BCUT2D eigenvalue weighted by Gasteiger charge is 2.30. The van der Waals surface area contributed by atoms with Gasteiger partial charge in [0.1, 0.15) is 5.75 Å². The van der Waals surface area contributed by atoms with Crippen LogP contribution in [0.25, 0.3) is 11.7 Å². The summed E-state index contributed by atoms with van der Waals surface area (Å²) >= 11 is 3.18. The number of halogens is 1. The van der Waals surface area contributed by atoms with Crippen molar-refractivity contribution < 1.29 is 27.9 Å². The van der Waals surface area contributed by atoms with Crippen LogP contribution in [0.5, 0.6) is 5.75 Å². The number of rotatable bonds is 5. The number of benzene rings is 1. The Hall–Kier alpha value is -3.14. The molecule has 9 nitrogen and oxygen atoms in total. The van der Waals surface area contributed by atoms with Crippen molar-refractivity contribution in [3.05, 3.63) is 47.0 Å². The second-order valence-corrected chi connectivity index (χ2v) is 6.34. The summed E-state index contributed by atoms with van der Waals surface area (Å²) in [4.78, 5) is 24.1. The Kier molecular flexibility index (Phi) is 4.63. The highest BCUT2D eigenvalue weighted by Crippen LogP contribution is 2.29. The molecule has 2 aromatic heterocycles. The molecule has 10 heteroatoms. The quantitative estimate of drug-likeness (QED) is 0.610. The molecule has 27 heavy (non-hydrogen) atoms. The molecule has 0 spiro atoms. The number of fused-ring (bicyclic) bond motifs is 1. The van der Waals surface area contributed by atoms with Gasteiger partial charge >= 0.3 is 5.97 Å². The highest BCUT2D eigenvalue weighted by atomic mass is 79.9. The number of aromatic nitrogens is 2. The van der Waals surface area contributed by atoms with Crippen molar-refractivity contribution in [3.63, 3.8) is 0 Å². The van der Waals surface area contributed by atoms with Crippen molar-refractivity contribution in [2.75, 3.05) is 5.32 Å². The largest absolute Gasteiger partial charge is 0.478 e. The van der Waals surface area contributed by atoms with Gasteiger partial charge in [0, 0.05) is 0 Å². The maximum Gasteiger partial charge on any atom is 0.310 e. The molecule has 0 aliphatic carbocycles. The van der Waals surface area contributed by atoms with Gasteiger partial charge in [0.25, 0.3) is 17.7 Å². The van der Waals surface area contributed by atoms with Crippen LogP contribution in [0.15, 0.2) is 49.9 Å². The summed E-state index contributed by atoms with van der Waals surface area (Å²) in [5, 5.41) is 10.3. The molecule has 1 atom stereocenters. The average Bonchev–Trinajstić information content (AvgIpc) is 3.29. The maximum absolute atomic E-state index is 12.0. The standard InChI is InChI=1S/C17H12BrN3O6/c18-13-6-5-11(26-13)17-21-20-14(27-17)8-24-15(22)7-12-16(23)19-9-3-1-2-4-10(9)25-12/h1-6,12H,7-8H2,(H,19,23)/t12-/m0/s1. The van der Waals surface area contributed by atoms with E-state index in [-0.39, 0.29) is 24.8 Å². The van der Waals surface area contributed by atoms with Crippen LogP contribution in [0, 0.1) is 0 Å². The molecule has 0 radical (unpaired) electrons. The smallest absolute Gasteiger partial charge is 0.310 e. The molecule has 1 N–H and O–H groups in total. The van der Waals surface area contributed by atoms with Crippen molar-refractivity contribution in [1.82, 2.24) is 10.2 Å². The number of hydrogen-bond donors (Lipinski definition) is 1. The van der Waals surface area contributed by atoms with Crippen LogP contribution in [-0.2, 0) is 20.9 Å². The number of ether oxygens (including phenoxy) is 2. The van der Waals surface area contributed by atoms with Crippen LogP contribution in [0.4, 0.5) is 5.69 Å². The molecule has 3 heterocycles. The van der Waals surface area contributed by atoms with Gasteiger partial charge in [-0.1, -0.05) is 12.1 Å². The van der Waals surface area contributed by atoms with Gasteiger partial charge in [-0.05, 0) is 40.2 Å². The summed E-state index contributed by atoms with van der Waals surface area (Å²) in [6, 6.07) is 10.3. The Labute approximate surface area is 160 Å². The predicted octanol–water partition coefficient (Wildman–Crippen LogP) is 2.93. The van der Waals surface area contributed by atoms with Crippen molar-refractivity contribution in [1.29, 1.82) is 0 Å². The van der Waals surface area contributed by atoms with Crippen LogP contribution < -0.4 is 10.1 Å². The van der Waals surface area contributed by atoms with Crippen LogP contribution >= 0.6 is 15.9 Å². The number of anilines is 1. The lowest BCUT2D eigenvalue weighted by molar-refractivity contribution is -0.149. The number of furan rings is 1. The molecule has 1 amide bonds. The van der Waals surface area contributed by atoms with Gasteiger partial charge < -0.3 is 23.6 Å². The first-order valence-corrected chi connectivity index (χ1v) is 8.68. The lowest BCUT2D eigenvalue weighted by Gasteiger charge is -2.24. The van der Waals surface area contributed by atoms with Crippen LogP contribution in [-0.4, -0.2) is 28.2 Å². The number of esters is 1. The fourth-order valence-corrected chi connectivity index (χ4v) is 2.73. The molecule has 0 saturated heterocycles. The Morgan fingerprint density at radius 2 is 2.04 bits per heavy atom. The third kappa shape index (κ3) is 3.85. The van der Waals surface area contributed by atoms with Gasteiger partial charge in [-0.3, -0.25) is 9.59 Å². The van der Waals surface area contributed by atoms with E-state index >= 15 is 0 Å². The highest BCUT2D eigenvalue weighted by molar-refractivity contribution is 9.10. The number of para-hydroxylation sites is 2. The van der Waals surface area contributed by atoms with Crippen LogP contribution in [0.3, 0.4) is 0 Å². The Balaban J connectivity index is 1.33. The maximum atomic E-state index is 12.0. The first-order valence-electron chi connectivity index (χ1n) is 7.89. The summed E-state index contributed by atoms with van der Waals surface area (Å²) in [5.41, 5.74) is 0.565. The molecule has 0 unspecified atom stereocenters. The third-order valence-electron chi connectivity index (χ3n) is 3.67. The van der Waals surface area contributed by atoms with E-state index in [0.717, 1.165) is 0 Å². The summed E-state index contributed by atoms with van der Waals surface area (Å²) in [6.07, 6.45) is -1.21.